The van der Waals surface area contributed by atoms with E-state index in [1.54, 1.807) is 0 Å². The van der Waals surface area contributed by atoms with Crippen molar-refractivity contribution in [1.82, 2.24) is 4.98 Å². The van der Waals surface area contributed by atoms with Crippen molar-refractivity contribution in [2.75, 3.05) is 5.32 Å². The van der Waals surface area contributed by atoms with Crippen molar-refractivity contribution >= 4 is 32.6 Å². The maximum Gasteiger partial charge on any atom is 0.228 e. The van der Waals surface area contributed by atoms with Gasteiger partial charge in [0.25, 0.3) is 0 Å². The lowest BCUT2D eigenvalue weighted by Crippen LogP contribution is -2.17. The van der Waals surface area contributed by atoms with E-state index in [2.05, 4.69) is 16.4 Å². The summed E-state index contributed by atoms with van der Waals surface area (Å²) in [4.78, 5) is 15.9. The number of hydrogen-bond acceptors (Lipinski definition) is 3. The Morgan fingerprint density at radius 3 is 2.88 bits per heavy atom. The van der Waals surface area contributed by atoms with Crippen molar-refractivity contribution in [1.29, 1.82) is 0 Å². The molecule has 3 nitrogen and oxygen atoms in total. The van der Waals surface area contributed by atoms with Gasteiger partial charge in [0.2, 0.25) is 5.91 Å². The molecule has 0 aliphatic carbocycles. The predicted octanol–water partition coefficient (Wildman–Crippen LogP) is 3.20. The molecule has 0 spiro atoms. The first-order valence-corrected chi connectivity index (χ1v) is 6.06. The number of thiazole rings is 1. The van der Waals surface area contributed by atoms with Crippen LogP contribution >= 0.6 is 11.3 Å². The Balaban J connectivity index is 2.29. The molecular formula is C12H14N2OS. The van der Waals surface area contributed by atoms with Gasteiger partial charge in [-0.1, -0.05) is 31.3 Å². The molecule has 1 heterocycles. The standard InChI is InChI=1S/C12H14N2OS/c1-7(2)11(15)14-12-13-9-5-4-8(3)6-10(9)16-12/h4-7H,1-3H3,(H,13,14,15). The number of carbonyl (C=O) groups excluding carboxylic acids is 1. The summed E-state index contributed by atoms with van der Waals surface area (Å²) in [5, 5.41) is 3.50. The summed E-state index contributed by atoms with van der Waals surface area (Å²) in [6.07, 6.45) is 0. The van der Waals surface area contributed by atoms with Crippen LogP contribution in [0.5, 0.6) is 0 Å². The van der Waals surface area contributed by atoms with Gasteiger partial charge in [-0.3, -0.25) is 4.79 Å². The highest BCUT2D eigenvalue weighted by molar-refractivity contribution is 7.22. The predicted molar refractivity (Wildman–Crippen MR) is 67.8 cm³/mol. The first-order chi connectivity index (χ1) is 7.56. The third-order valence-electron chi connectivity index (χ3n) is 2.30. The molecule has 0 saturated heterocycles. The Morgan fingerprint density at radius 1 is 1.44 bits per heavy atom. The lowest BCUT2D eigenvalue weighted by atomic mass is 10.2. The van der Waals surface area contributed by atoms with E-state index in [1.165, 1.54) is 16.9 Å². The van der Waals surface area contributed by atoms with Crippen LogP contribution in [0.2, 0.25) is 0 Å². The summed E-state index contributed by atoms with van der Waals surface area (Å²) < 4.78 is 1.11. The zero-order valence-corrected chi connectivity index (χ0v) is 10.4. The van der Waals surface area contributed by atoms with Crippen LogP contribution < -0.4 is 5.32 Å². The van der Waals surface area contributed by atoms with E-state index in [0.717, 1.165) is 10.2 Å². The number of carbonyl (C=O) groups is 1. The van der Waals surface area contributed by atoms with Gasteiger partial charge in [0.1, 0.15) is 0 Å². The molecule has 1 aromatic heterocycles. The second kappa shape index (κ2) is 4.22. The van der Waals surface area contributed by atoms with Gasteiger partial charge in [-0.15, -0.1) is 0 Å². The lowest BCUT2D eigenvalue weighted by molar-refractivity contribution is -0.118. The summed E-state index contributed by atoms with van der Waals surface area (Å²) in [6.45, 7) is 5.78. The minimum absolute atomic E-state index is 0.00998. The Kier molecular flexibility index (Phi) is 2.92. The van der Waals surface area contributed by atoms with Crippen LogP contribution in [-0.2, 0) is 4.79 Å². The fraction of sp³-hybridized carbons (Fsp3) is 0.333. The van der Waals surface area contributed by atoms with E-state index < -0.39 is 0 Å². The number of anilines is 1. The number of hydrogen-bond donors (Lipinski definition) is 1. The molecular weight excluding hydrogens is 220 g/mol. The highest BCUT2D eigenvalue weighted by atomic mass is 32.1. The Labute approximate surface area is 98.5 Å². The van der Waals surface area contributed by atoms with Gasteiger partial charge in [0.05, 0.1) is 10.2 Å². The molecule has 4 heteroatoms. The molecule has 16 heavy (non-hydrogen) atoms. The average molecular weight is 234 g/mol. The molecule has 0 saturated carbocycles. The number of fused-ring (bicyclic) bond motifs is 1. The van der Waals surface area contributed by atoms with Crippen LogP contribution in [0.15, 0.2) is 18.2 Å². The van der Waals surface area contributed by atoms with Gasteiger partial charge in [0, 0.05) is 5.92 Å². The molecule has 0 atom stereocenters. The summed E-state index contributed by atoms with van der Waals surface area (Å²) in [6, 6.07) is 6.08. The van der Waals surface area contributed by atoms with Crippen LogP contribution in [-0.4, -0.2) is 10.9 Å². The monoisotopic (exact) mass is 234 g/mol. The number of benzene rings is 1. The molecule has 1 aromatic carbocycles. The molecule has 1 amide bonds. The summed E-state index contributed by atoms with van der Waals surface area (Å²) in [7, 11) is 0. The summed E-state index contributed by atoms with van der Waals surface area (Å²) >= 11 is 1.51. The highest BCUT2D eigenvalue weighted by Crippen LogP contribution is 2.26. The fourth-order valence-corrected chi connectivity index (χ4v) is 2.30. The van der Waals surface area contributed by atoms with Crippen molar-refractivity contribution in [3.8, 4) is 0 Å². The fourth-order valence-electron chi connectivity index (χ4n) is 1.34. The van der Waals surface area contributed by atoms with E-state index in [1.807, 2.05) is 32.9 Å². The Hall–Kier alpha value is -1.42. The number of rotatable bonds is 2. The number of aryl methyl sites for hydroxylation is 1. The molecule has 0 radical (unpaired) electrons. The minimum atomic E-state index is -0.0197. The maximum absolute atomic E-state index is 11.5. The molecule has 2 rings (SSSR count). The molecule has 2 aromatic rings. The highest BCUT2D eigenvalue weighted by Gasteiger charge is 2.10. The zero-order valence-electron chi connectivity index (χ0n) is 9.57. The van der Waals surface area contributed by atoms with Gasteiger partial charge in [-0.25, -0.2) is 4.98 Å². The van der Waals surface area contributed by atoms with Crippen molar-refractivity contribution in [3.05, 3.63) is 23.8 Å². The van der Waals surface area contributed by atoms with E-state index in [0.29, 0.717) is 5.13 Å². The molecule has 84 valence electrons. The largest absolute Gasteiger partial charge is 0.302 e. The van der Waals surface area contributed by atoms with Crippen molar-refractivity contribution in [2.45, 2.75) is 20.8 Å². The SMILES string of the molecule is Cc1ccc2nc(NC(=O)C(C)C)sc2c1. The topological polar surface area (TPSA) is 42.0 Å². The van der Waals surface area contributed by atoms with Gasteiger partial charge in [0.15, 0.2) is 5.13 Å². The van der Waals surface area contributed by atoms with Gasteiger partial charge in [-0.2, -0.15) is 0 Å². The molecule has 0 unspecified atom stereocenters. The van der Waals surface area contributed by atoms with Crippen LogP contribution in [0.3, 0.4) is 0 Å². The van der Waals surface area contributed by atoms with E-state index >= 15 is 0 Å². The molecule has 1 N–H and O–H groups in total. The van der Waals surface area contributed by atoms with Crippen LogP contribution in [0.1, 0.15) is 19.4 Å². The van der Waals surface area contributed by atoms with Crippen molar-refractivity contribution in [2.24, 2.45) is 5.92 Å². The Bertz CT molecular complexity index is 531. The molecule has 0 aliphatic heterocycles. The number of amides is 1. The smallest absolute Gasteiger partial charge is 0.228 e. The second-order valence-electron chi connectivity index (χ2n) is 4.13. The quantitative estimate of drug-likeness (QED) is 0.867. The number of nitrogens with zero attached hydrogens (tertiary/aromatic N) is 1. The first-order valence-electron chi connectivity index (χ1n) is 5.24. The van der Waals surface area contributed by atoms with E-state index in [9.17, 15) is 4.79 Å². The van der Waals surface area contributed by atoms with Crippen LogP contribution in [0, 0.1) is 12.8 Å². The molecule has 0 fully saturated rings. The second-order valence-corrected chi connectivity index (χ2v) is 5.16. The minimum Gasteiger partial charge on any atom is -0.302 e. The average Bonchev–Trinajstić information content (AvgIpc) is 2.58. The lowest BCUT2D eigenvalue weighted by Gasteiger charge is -2.02. The van der Waals surface area contributed by atoms with Gasteiger partial charge < -0.3 is 5.32 Å². The van der Waals surface area contributed by atoms with Crippen LogP contribution in [0.4, 0.5) is 5.13 Å². The van der Waals surface area contributed by atoms with E-state index in [-0.39, 0.29) is 11.8 Å². The summed E-state index contributed by atoms with van der Waals surface area (Å²) in [5.41, 5.74) is 2.15. The van der Waals surface area contributed by atoms with Gasteiger partial charge >= 0.3 is 0 Å². The third-order valence-corrected chi connectivity index (χ3v) is 3.23. The number of nitrogens with one attached hydrogen (secondary N) is 1. The maximum atomic E-state index is 11.5. The van der Waals surface area contributed by atoms with Gasteiger partial charge in [-0.05, 0) is 24.6 Å². The molecule has 0 aliphatic rings. The molecule has 0 bridgehead atoms. The van der Waals surface area contributed by atoms with E-state index in [4.69, 9.17) is 0 Å². The first kappa shape index (κ1) is 11.1. The Morgan fingerprint density at radius 2 is 2.19 bits per heavy atom. The third kappa shape index (κ3) is 2.22. The normalized spacial score (nSPS) is 11.0. The number of aromatic nitrogens is 1. The zero-order chi connectivity index (χ0) is 11.7. The van der Waals surface area contributed by atoms with Crippen LogP contribution in [0.25, 0.3) is 10.2 Å². The van der Waals surface area contributed by atoms with Crippen molar-refractivity contribution in [3.63, 3.8) is 0 Å². The summed E-state index contributed by atoms with van der Waals surface area (Å²) in [5.74, 6) is -0.00970. The van der Waals surface area contributed by atoms with Crippen molar-refractivity contribution < 1.29 is 4.79 Å².